The van der Waals surface area contributed by atoms with Crippen molar-refractivity contribution in [2.45, 2.75) is 19.4 Å². The van der Waals surface area contributed by atoms with Gasteiger partial charge in [0, 0.05) is 11.4 Å². The van der Waals surface area contributed by atoms with Gasteiger partial charge >= 0.3 is 0 Å². The molecule has 0 saturated heterocycles. The molecule has 1 aromatic heterocycles. The average Bonchev–Trinajstić information content (AvgIpc) is 2.97. The summed E-state index contributed by atoms with van der Waals surface area (Å²) in [7, 11) is 1.42. The van der Waals surface area contributed by atoms with Crippen LogP contribution in [0.1, 0.15) is 45.8 Å². The second-order valence-corrected chi connectivity index (χ2v) is 7.37. The molecule has 3 rings (SSSR count). The number of amides is 2. The Bertz CT molecular complexity index is 991. The fourth-order valence-corrected chi connectivity index (χ4v) is 3.70. The predicted octanol–water partition coefficient (Wildman–Crippen LogP) is 1.82. The fourth-order valence-electron chi connectivity index (χ4n) is 3.29. The SMILES string of the molecule is CCOc1nc(C(CCS(=O)[O-])N2C(=O)c3c(N)ccc(F)c3C2=O)ccc1OC. The van der Waals surface area contributed by atoms with E-state index in [1.54, 1.807) is 6.92 Å². The van der Waals surface area contributed by atoms with Crippen molar-refractivity contribution in [2.24, 2.45) is 0 Å². The minimum Gasteiger partial charge on any atom is -0.772 e. The van der Waals surface area contributed by atoms with E-state index in [4.69, 9.17) is 15.2 Å². The lowest BCUT2D eigenvalue weighted by molar-refractivity contribution is 0.0573. The van der Waals surface area contributed by atoms with Crippen LogP contribution in [0, 0.1) is 5.82 Å². The summed E-state index contributed by atoms with van der Waals surface area (Å²) in [6, 6.07) is 4.14. The van der Waals surface area contributed by atoms with Crippen molar-refractivity contribution in [1.29, 1.82) is 0 Å². The van der Waals surface area contributed by atoms with E-state index in [1.807, 2.05) is 0 Å². The number of hydrogen-bond donors (Lipinski definition) is 1. The Balaban J connectivity index is 2.10. The Morgan fingerprint density at radius 3 is 2.53 bits per heavy atom. The Morgan fingerprint density at radius 1 is 1.23 bits per heavy atom. The Hall–Kier alpha value is -3.05. The number of methoxy groups -OCH3 is 1. The van der Waals surface area contributed by atoms with E-state index in [0.29, 0.717) is 5.75 Å². The number of nitrogens with two attached hydrogens (primary N) is 1. The highest BCUT2D eigenvalue weighted by Gasteiger charge is 2.44. The van der Waals surface area contributed by atoms with Gasteiger partial charge < -0.3 is 19.8 Å². The van der Waals surface area contributed by atoms with Gasteiger partial charge in [-0.25, -0.2) is 9.37 Å². The zero-order valence-corrected chi connectivity index (χ0v) is 17.0. The largest absolute Gasteiger partial charge is 0.772 e. The maximum absolute atomic E-state index is 14.3. The Labute approximate surface area is 174 Å². The minimum absolute atomic E-state index is 0.0453. The van der Waals surface area contributed by atoms with Crippen LogP contribution in [-0.2, 0) is 11.1 Å². The minimum atomic E-state index is -2.44. The number of halogens is 1. The number of nitrogens with zero attached hydrogens (tertiary/aromatic N) is 2. The molecule has 0 aliphatic carbocycles. The van der Waals surface area contributed by atoms with Crippen molar-refractivity contribution in [3.05, 3.63) is 46.9 Å². The van der Waals surface area contributed by atoms with Crippen LogP contribution in [0.15, 0.2) is 24.3 Å². The van der Waals surface area contributed by atoms with Crippen LogP contribution >= 0.6 is 0 Å². The van der Waals surface area contributed by atoms with Crippen molar-refractivity contribution >= 4 is 28.6 Å². The van der Waals surface area contributed by atoms with Gasteiger partial charge in [-0.1, -0.05) is 11.1 Å². The molecule has 0 radical (unpaired) electrons. The van der Waals surface area contributed by atoms with Gasteiger partial charge in [0.2, 0.25) is 0 Å². The normalized spacial score (nSPS) is 15.1. The van der Waals surface area contributed by atoms with Crippen LogP contribution in [0.4, 0.5) is 10.1 Å². The van der Waals surface area contributed by atoms with Crippen LogP contribution in [0.3, 0.4) is 0 Å². The lowest BCUT2D eigenvalue weighted by Gasteiger charge is -2.26. The number of pyridine rings is 1. The molecule has 30 heavy (non-hydrogen) atoms. The van der Waals surface area contributed by atoms with Crippen molar-refractivity contribution in [3.8, 4) is 11.6 Å². The van der Waals surface area contributed by atoms with Gasteiger partial charge in [0.25, 0.3) is 17.7 Å². The number of nitrogen functional groups attached to an aromatic ring is 1. The monoisotopic (exact) mass is 436 g/mol. The smallest absolute Gasteiger partial charge is 0.265 e. The summed E-state index contributed by atoms with van der Waals surface area (Å²) >= 11 is -2.44. The summed E-state index contributed by atoms with van der Waals surface area (Å²) in [5.74, 6) is -2.52. The third kappa shape index (κ3) is 3.85. The first kappa shape index (κ1) is 21.7. The topological polar surface area (TPSA) is 135 Å². The second kappa shape index (κ2) is 8.76. The number of fused-ring (bicyclic) bond motifs is 1. The Morgan fingerprint density at radius 2 is 1.93 bits per heavy atom. The molecule has 1 aromatic carbocycles. The van der Waals surface area contributed by atoms with Gasteiger partial charge in [-0.3, -0.25) is 18.7 Å². The number of hydrogen-bond acceptors (Lipinski definition) is 8. The second-order valence-electron chi connectivity index (χ2n) is 6.36. The van der Waals surface area contributed by atoms with Gasteiger partial charge in [-0.2, -0.15) is 0 Å². The van der Waals surface area contributed by atoms with Crippen LogP contribution in [0.2, 0.25) is 0 Å². The van der Waals surface area contributed by atoms with Crippen LogP contribution in [0.5, 0.6) is 11.6 Å². The first-order chi connectivity index (χ1) is 14.3. The van der Waals surface area contributed by atoms with Gasteiger partial charge in [0.15, 0.2) is 5.75 Å². The lowest BCUT2D eigenvalue weighted by atomic mass is 10.1. The predicted molar refractivity (Wildman–Crippen MR) is 104 cm³/mol. The summed E-state index contributed by atoms with van der Waals surface area (Å²) in [6.45, 7) is 2.01. The van der Waals surface area contributed by atoms with Crippen LogP contribution in [0.25, 0.3) is 0 Å². The van der Waals surface area contributed by atoms with Crippen molar-refractivity contribution in [1.82, 2.24) is 9.88 Å². The summed E-state index contributed by atoms with van der Waals surface area (Å²) < 4.78 is 47.3. The summed E-state index contributed by atoms with van der Waals surface area (Å²) in [5.41, 5.74) is 5.27. The molecular weight excluding hydrogens is 417 g/mol. The number of rotatable bonds is 8. The first-order valence-corrected chi connectivity index (χ1v) is 10.2. The maximum Gasteiger partial charge on any atom is 0.265 e. The molecule has 2 atom stereocenters. The molecule has 160 valence electrons. The number of carbonyl (C=O) groups is 2. The number of anilines is 1. The van der Waals surface area contributed by atoms with E-state index < -0.39 is 40.3 Å². The molecule has 2 heterocycles. The fraction of sp³-hybridized carbons (Fsp3) is 0.316. The number of aromatic nitrogens is 1. The molecule has 1 aliphatic heterocycles. The first-order valence-electron chi connectivity index (χ1n) is 8.99. The molecule has 2 unspecified atom stereocenters. The van der Waals surface area contributed by atoms with Gasteiger partial charge in [-0.15, -0.1) is 0 Å². The van der Waals surface area contributed by atoms with E-state index in [1.165, 1.54) is 25.3 Å². The van der Waals surface area contributed by atoms with Gasteiger partial charge in [0.05, 0.1) is 36.6 Å². The highest BCUT2D eigenvalue weighted by atomic mass is 32.2. The van der Waals surface area contributed by atoms with E-state index >= 15 is 0 Å². The highest BCUT2D eigenvalue weighted by molar-refractivity contribution is 7.79. The molecule has 9 nitrogen and oxygen atoms in total. The van der Waals surface area contributed by atoms with Crippen molar-refractivity contribution in [2.75, 3.05) is 25.2 Å². The van der Waals surface area contributed by atoms with Gasteiger partial charge in [0.1, 0.15) is 5.82 Å². The molecule has 0 spiro atoms. The van der Waals surface area contributed by atoms with E-state index in [-0.39, 0.29) is 41.6 Å². The van der Waals surface area contributed by atoms with E-state index in [0.717, 1.165) is 11.0 Å². The van der Waals surface area contributed by atoms with Crippen molar-refractivity contribution < 1.29 is 32.2 Å². The average molecular weight is 436 g/mol. The highest BCUT2D eigenvalue weighted by Crippen LogP contribution is 2.38. The van der Waals surface area contributed by atoms with Crippen molar-refractivity contribution in [3.63, 3.8) is 0 Å². The maximum atomic E-state index is 14.3. The third-order valence-electron chi connectivity index (χ3n) is 4.61. The number of benzene rings is 1. The van der Waals surface area contributed by atoms with Crippen LogP contribution < -0.4 is 15.2 Å². The summed E-state index contributed by atoms with van der Waals surface area (Å²) in [4.78, 5) is 31.0. The molecule has 11 heteroatoms. The van der Waals surface area contributed by atoms with Crippen LogP contribution in [-0.4, -0.2) is 49.9 Å². The number of imide groups is 1. The zero-order valence-electron chi connectivity index (χ0n) is 16.2. The molecule has 1 aliphatic rings. The number of ether oxygens (including phenoxy) is 2. The third-order valence-corrected chi connectivity index (χ3v) is 5.18. The van der Waals surface area contributed by atoms with E-state index in [2.05, 4.69) is 4.98 Å². The standard InChI is InChI=1S/C19H20FN3O6S/c1-3-29-17-14(28-2)7-6-12(22-17)13(8-9-30(26)27)23-18(24)15-10(20)4-5-11(21)16(15)19(23)25/h4-7,13H,3,8-9,21H2,1-2H3,(H,26,27)/p-1. The lowest BCUT2D eigenvalue weighted by Crippen LogP contribution is -2.35. The molecular formula is C19H19FN3O6S-. The Kier molecular flexibility index (Phi) is 6.32. The molecule has 0 saturated carbocycles. The van der Waals surface area contributed by atoms with Gasteiger partial charge in [-0.05, 0) is 37.6 Å². The molecule has 0 fully saturated rings. The molecule has 0 bridgehead atoms. The summed E-state index contributed by atoms with van der Waals surface area (Å²) in [5, 5.41) is 0. The quantitative estimate of drug-likeness (QED) is 0.376. The number of carbonyl (C=O) groups excluding carboxylic acids is 2. The molecule has 2 amide bonds. The zero-order chi connectivity index (χ0) is 22.0. The summed E-state index contributed by atoms with van der Waals surface area (Å²) in [6.07, 6.45) is -0.145. The molecule has 2 aromatic rings. The molecule has 2 N–H and O–H groups in total. The van der Waals surface area contributed by atoms with E-state index in [9.17, 15) is 22.7 Å².